The van der Waals surface area contributed by atoms with Gasteiger partial charge < -0.3 is 20.7 Å². The molecule has 1 aliphatic heterocycles. The molecule has 2 rings (SSSR count). The summed E-state index contributed by atoms with van der Waals surface area (Å²) in [5.41, 5.74) is 7.19. The van der Waals surface area contributed by atoms with Gasteiger partial charge in [-0.05, 0) is 24.9 Å². The first kappa shape index (κ1) is 19.7. The van der Waals surface area contributed by atoms with Crippen molar-refractivity contribution in [2.24, 2.45) is 10.7 Å². The van der Waals surface area contributed by atoms with E-state index in [0.29, 0.717) is 19.1 Å². The van der Waals surface area contributed by atoms with Crippen LogP contribution in [0.3, 0.4) is 0 Å². The molecule has 140 valence electrons. The highest BCUT2D eigenvalue weighted by Gasteiger charge is 2.16. The van der Waals surface area contributed by atoms with Gasteiger partial charge in [-0.25, -0.2) is 0 Å². The smallest absolute Gasteiger partial charge is 0.188 e. The number of guanidine groups is 1. The zero-order valence-electron chi connectivity index (χ0n) is 15.5. The Hall–Kier alpha value is -1.63. The molecule has 1 aliphatic rings. The molecule has 1 fully saturated rings. The van der Waals surface area contributed by atoms with Gasteiger partial charge in [0.1, 0.15) is 0 Å². The van der Waals surface area contributed by atoms with Crippen molar-refractivity contribution >= 4 is 5.96 Å². The van der Waals surface area contributed by atoms with Crippen molar-refractivity contribution in [1.82, 2.24) is 15.1 Å². The fourth-order valence-corrected chi connectivity index (χ4v) is 3.00. The second-order valence-electron chi connectivity index (χ2n) is 6.50. The number of hydrogen-bond acceptors (Lipinski definition) is 4. The van der Waals surface area contributed by atoms with Gasteiger partial charge in [0.15, 0.2) is 5.96 Å². The minimum Gasteiger partial charge on any atom is -0.383 e. The molecule has 6 heteroatoms. The number of methoxy groups -OCH3 is 1. The maximum atomic E-state index is 5.79. The summed E-state index contributed by atoms with van der Waals surface area (Å²) >= 11 is 0. The first-order chi connectivity index (χ1) is 12.3. The second kappa shape index (κ2) is 11.8. The lowest BCUT2D eigenvalue weighted by Crippen LogP contribution is -2.46. The Balaban J connectivity index is 1.51. The molecular weight excluding hydrogens is 314 g/mol. The molecule has 1 aromatic rings. The van der Waals surface area contributed by atoms with E-state index in [2.05, 4.69) is 50.4 Å². The van der Waals surface area contributed by atoms with Gasteiger partial charge in [0.05, 0.1) is 6.61 Å². The van der Waals surface area contributed by atoms with Crippen LogP contribution in [0.2, 0.25) is 0 Å². The van der Waals surface area contributed by atoms with Crippen LogP contribution in [-0.4, -0.2) is 75.3 Å². The lowest BCUT2D eigenvalue weighted by atomic mass is 10.2. The molecule has 0 bridgehead atoms. The molecular formula is C19H33N5O. The Morgan fingerprint density at radius 2 is 1.84 bits per heavy atom. The molecule has 6 nitrogen and oxygen atoms in total. The number of aliphatic imine (C=N–C) groups is 1. The predicted molar refractivity (Wildman–Crippen MR) is 104 cm³/mol. The summed E-state index contributed by atoms with van der Waals surface area (Å²) in [7, 11) is 1.68. The van der Waals surface area contributed by atoms with Gasteiger partial charge in [-0.2, -0.15) is 0 Å². The quantitative estimate of drug-likeness (QED) is 0.377. The fourth-order valence-electron chi connectivity index (χ4n) is 3.00. The third-order valence-corrected chi connectivity index (χ3v) is 4.49. The number of hydrogen-bond donors (Lipinski definition) is 2. The summed E-state index contributed by atoms with van der Waals surface area (Å²) in [4.78, 5) is 9.44. The molecule has 0 aliphatic carbocycles. The minimum atomic E-state index is 0.520. The maximum absolute atomic E-state index is 5.79. The molecule has 1 saturated heterocycles. The predicted octanol–water partition coefficient (Wildman–Crippen LogP) is 1.14. The minimum absolute atomic E-state index is 0.520. The van der Waals surface area contributed by atoms with Gasteiger partial charge in [0, 0.05) is 52.9 Å². The lowest BCUT2D eigenvalue weighted by Gasteiger charge is -2.34. The van der Waals surface area contributed by atoms with Crippen LogP contribution in [-0.2, 0) is 11.3 Å². The van der Waals surface area contributed by atoms with Crippen LogP contribution >= 0.6 is 0 Å². The van der Waals surface area contributed by atoms with Gasteiger partial charge in [-0.3, -0.25) is 9.89 Å². The molecule has 0 unspecified atom stereocenters. The van der Waals surface area contributed by atoms with E-state index in [1.807, 2.05) is 0 Å². The van der Waals surface area contributed by atoms with E-state index in [1.165, 1.54) is 12.0 Å². The average molecular weight is 348 g/mol. The van der Waals surface area contributed by atoms with Crippen LogP contribution in [0.1, 0.15) is 18.4 Å². The Morgan fingerprint density at radius 1 is 1.12 bits per heavy atom. The summed E-state index contributed by atoms with van der Waals surface area (Å²) in [6.07, 6.45) is 2.25. The van der Waals surface area contributed by atoms with E-state index in [1.54, 1.807) is 7.11 Å². The third-order valence-electron chi connectivity index (χ3n) is 4.49. The molecule has 25 heavy (non-hydrogen) atoms. The van der Waals surface area contributed by atoms with Gasteiger partial charge in [-0.15, -0.1) is 0 Å². The van der Waals surface area contributed by atoms with E-state index in [0.717, 1.165) is 52.2 Å². The number of piperazine rings is 1. The summed E-state index contributed by atoms with van der Waals surface area (Å²) in [6.45, 7) is 9.01. The number of nitrogens with zero attached hydrogens (tertiary/aromatic N) is 3. The van der Waals surface area contributed by atoms with E-state index < -0.39 is 0 Å². The van der Waals surface area contributed by atoms with Crippen molar-refractivity contribution in [3.05, 3.63) is 35.9 Å². The van der Waals surface area contributed by atoms with Crippen molar-refractivity contribution in [1.29, 1.82) is 0 Å². The number of ether oxygens (including phenoxy) is 1. The van der Waals surface area contributed by atoms with E-state index in [9.17, 15) is 0 Å². The van der Waals surface area contributed by atoms with E-state index in [4.69, 9.17) is 10.5 Å². The molecule has 0 radical (unpaired) electrons. The number of rotatable bonds is 10. The second-order valence-corrected chi connectivity index (χ2v) is 6.50. The summed E-state index contributed by atoms with van der Waals surface area (Å²) < 4.78 is 4.96. The number of unbranched alkanes of at least 4 members (excludes halogenated alkanes) is 1. The normalized spacial score (nSPS) is 16.9. The molecule has 0 aromatic heterocycles. The van der Waals surface area contributed by atoms with Gasteiger partial charge >= 0.3 is 0 Å². The molecule has 0 atom stereocenters. The van der Waals surface area contributed by atoms with Crippen LogP contribution in [0, 0.1) is 0 Å². The van der Waals surface area contributed by atoms with Crippen LogP contribution in [0.15, 0.2) is 35.3 Å². The highest BCUT2D eigenvalue weighted by atomic mass is 16.5. The maximum Gasteiger partial charge on any atom is 0.188 e. The van der Waals surface area contributed by atoms with Crippen molar-refractivity contribution in [2.75, 3.05) is 59.5 Å². The zero-order valence-corrected chi connectivity index (χ0v) is 15.5. The number of nitrogens with one attached hydrogen (secondary N) is 1. The zero-order chi connectivity index (χ0) is 17.7. The van der Waals surface area contributed by atoms with Crippen LogP contribution in [0.4, 0.5) is 0 Å². The lowest BCUT2D eigenvalue weighted by molar-refractivity contribution is 0.126. The molecule has 0 saturated carbocycles. The highest BCUT2D eigenvalue weighted by molar-refractivity contribution is 5.77. The van der Waals surface area contributed by atoms with Crippen LogP contribution < -0.4 is 11.1 Å². The highest BCUT2D eigenvalue weighted by Crippen LogP contribution is 2.09. The van der Waals surface area contributed by atoms with Gasteiger partial charge in [0.25, 0.3) is 0 Å². The van der Waals surface area contributed by atoms with Crippen LogP contribution in [0.5, 0.6) is 0 Å². The summed E-state index contributed by atoms with van der Waals surface area (Å²) in [6, 6.07) is 10.7. The molecule has 1 heterocycles. The van der Waals surface area contributed by atoms with Gasteiger partial charge in [-0.1, -0.05) is 30.3 Å². The number of benzene rings is 1. The van der Waals surface area contributed by atoms with Gasteiger partial charge in [0.2, 0.25) is 0 Å². The number of nitrogens with two attached hydrogens (primary N) is 1. The molecule has 1 aromatic carbocycles. The summed E-state index contributed by atoms with van der Waals surface area (Å²) in [5, 5.41) is 3.04. The average Bonchev–Trinajstić information content (AvgIpc) is 2.64. The summed E-state index contributed by atoms with van der Waals surface area (Å²) in [5.74, 6) is 0.520. The SMILES string of the molecule is COCCNC(N)=NCCCCN1CCN(Cc2ccccc2)CC1. The Morgan fingerprint density at radius 3 is 2.56 bits per heavy atom. The Labute approximate surface area is 152 Å². The van der Waals surface area contributed by atoms with Crippen molar-refractivity contribution in [3.63, 3.8) is 0 Å². The monoisotopic (exact) mass is 347 g/mol. The van der Waals surface area contributed by atoms with Crippen LogP contribution in [0.25, 0.3) is 0 Å². The van der Waals surface area contributed by atoms with E-state index in [-0.39, 0.29) is 0 Å². The largest absolute Gasteiger partial charge is 0.383 e. The van der Waals surface area contributed by atoms with E-state index >= 15 is 0 Å². The Kier molecular flexibility index (Phi) is 9.33. The molecule has 0 spiro atoms. The Bertz CT molecular complexity index is 486. The standard InChI is InChI=1S/C19H33N5O/c1-25-16-10-22-19(20)21-9-5-6-11-23-12-14-24(15-13-23)17-18-7-3-2-4-8-18/h2-4,7-8H,5-6,9-17H2,1H3,(H3,20,21,22). The molecule has 0 amide bonds. The topological polar surface area (TPSA) is 66.1 Å². The third kappa shape index (κ3) is 8.34. The molecule has 3 N–H and O–H groups in total. The van der Waals surface area contributed by atoms with Crippen molar-refractivity contribution < 1.29 is 4.74 Å². The fraction of sp³-hybridized carbons (Fsp3) is 0.632. The first-order valence-electron chi connectivity index (χ1n) is 9.29. The van der Waals surface area contributed by atoms with Crippen molar-refractivity contribution in [2.45, 2.75) is 19.4 Å². The van der Waals surface area contributed by atoms with Crippen molar-refractivity contribution in [3.8, 4) is 0 Å². The first-order valence-corrected chi connectivity index (χ1v) is 9.29.